The molecule has 5 nitrogen and oxygen atoms in total. The van der Waals surface area contributed by atoms with Crippen molar-refractivity contribution in [2.24, 2.45) is 0 Å². The van der Waals surface area contributed by atoms with Gasteiger partial charge in [-0.1, -0.05) is 15.9 Å². The van der Waals surface area contributed by atoms with Crippen LogP contribution in [0.1, 0.15) is 12.5 Å². The Morgan fingerprint density at radius 3 is 2.53 bits per heavy atom. The Labute approximate surface area is 109 Å². The summed E-state index contributed by atoms with van der Waals surface area (Å²) in [7, 11) is -3.35. The highest BCUT2D eigenvalue weighted by Crippen LogP contribution is 2.20. The number of aryl methyl sites for hydroxylation is 1. The first kappa shape index (κ1) is 14.0. The van der Waals surface area contributed by atoms with E-state index in [1.807, 2.05) is 0 Å². The highest BCUT2D eigenvalue weighted by molar-refractivity contribution is 9.10. The van der Waals surface area contributed by atoms with E-state index in [2.05, 4.69) is 26.0 Å². The van der Waals surface area contributed by atoms with E-state index in [1.165, 1.54) is 6.92 Å². The normalized spacial score (nSPS) is 11.0. The van der Waals surface area contributed by atoms with Gasteiger partial charge in [0.1, 0.15) is 4.66 Å². The van der Waals surface area contributed by atoms with Crippen LogP contribution in [0.5, 0.6) is 0 Å². The predicted molar refractivity (Wildman–Crippen MR) is 71.8 cm³/mol. The molecule has 0 unspecified atom stereocenters. The minimum Gasteiger partial charge on any atom is -0.326 e. The van der Waals surface area contributed by atoms with Gasteiger partial charge in [0.2, 0.25) is 15.9 Å². The highest BCUT2D eigenvalue weighted by Gasteiger charge is 2.08. The van der Waals surface area contributed by atoms with Gasteiger partial charge in [-0.2, -0.15) is 0 Å². The van der Waals surface area contributed by atoms with Crippen molar-refractivity contribution in [1.82, 2.24) is 0 Å². The molecule has 2 N–H and O–H groups in total. The number of amides is 1. The van der Waals surface area contributed by atoms with Crippen LogP contribution in [0.15, 0.2) is 18.2 Å². The summed E-state index contributed by atoms with van der Waals surface area (Å²) in [5.41, 5.74) is 1.92. The topological polar surface area (TPSA) is 75.3 Å². The van der Waals surface area contributed by atoms with Crippen LogP contribution < -0.4 is 10.0 Å². The molecule has 0 atom stereocenters. The summed E-state index contributed by atoms with van der Waals surface area (Å²) in [6.07, 6.45) is 0. The summed E-state index contributed by atoms with van der Waals surface area (Å²) in [6.45, 7) is 3.21. The average Bonchev–Trinajstić information content (AvgIpc) is 2.21. The van der Waals surface area contributed by atoms with Crippen LogP contribution in [-0.2, 0) is 14.8 Å². The second-order valence-electron chi connectivity index (χ2n) is 3.54. The molecule has 0 saturated heterocycles. The molecule has 0 saturated carbocycles. The third-order valence-corrected chi connectivity index (χ3v) is 4.60. The molecule has 0 fully saturated rings. The number of rotatable bonds is 4. The van der Waals surface area contributed by atoms with Crippen LogP contribution in [0, 0.1) is 6.92 Å². The molecule has 1 amide bonds. The number of alkyl halides is 1. The number of sulfonamides is 1. The van der Waals surface area contributed by atoms with Crippen LogP contribution in [0.25, 0.3) is 0 Å². The zero-order valence-corrected chi connectivity index (χ0v) is 11.9. The maximum absolute atomic E-state index is 11.3. The maximum Gasteiger partial charge on any atom is 0.242 e. The van der Waals surface area contributed by atoms with Crippen LogP contribution in [0.2, 0.25) is 0 Å². The second kappa shape index (κ2) is 5.50. The van der Waals surface area contributed by atoms with E-state index in [1.54, 1.807) is 25.1 Å². The van der Waals surface area contributed by atoms with Gasteiger partial charge in [0.15, 0.2) is 0 Å². The lowest BCUT2D eigenvalue weighted by Crippen LogP contribution is -2.13. The molecule has 0 bridgehead atoms. The van der Waals surface area contributed by atoms with Crippen molar-refractivity contribution < 1.29 is 13.2 Å². The Morgan fingerprint density at radius 1 is 1.41 bits per heavy atom. The first-order valence-corrected chi connectivity index (χ1v) is 7.56. The van der Waals surface area contributed by atoms with Crippen molar-refractivity contribution in [3.05, 3.63) is 23.8 Å². The zero-order chi connectivity index (χ0) is 13.1. The fourth-order valence-corrected chi connectivity index (χ4v) is 2.15. The molecule has 0 heterocycles. The minimum absolute atomic E-state index is 0.160. The van der Waals surface area contributed by atoms with Gasteiger partial charge in [0.25, 0.3) is 0 Å². The molecular weight excluding hydrogens is 308 g/mol. The Hall–Kier alpha value is -1.08. The maximum atomic E-state index is 11.3. The molecule has 1 rings (SSSR count). The van der Waals surface area contributed by atoms with Gasteiger partial charge in [0, 0.05) is 18.3 Å². The van der Waals surface area contributed by atoms with E-state index in [0.717, 1.165) is 5.56 Å². The van der Waals surface area contributed by atoms with Crippen molar-refractivity contribution in [2.45, 2.75) is 13.8 Å². The van der Waals surface area contributed by atoms with Crippen molar-refractivity contribution in [2.75, 3.05) is 14.7 Å². The van der Waals surface area contributed by atoms with Crippen molar-refractivity contribution in [1.29, 1.82) is 0 Å². The van der Waals surface area contributed by atoms with Gasteiger partial charge >= 0.3 is 0 Å². The molecule has 0 aliphatic rings. The van der Waals surface area contributed by atoms with Gasteiger partial charge in [-0.15, -0.1) is 0 Å². The number of carbonyl (C=O) groups excluding carboxylic acids is 1. The van der Waals surface area contributed by atoms with Crippen molar-refractivity contribution >= 4 is 43.2 Å². The van der Waals surface area contributed by atoms with Crippen LogP contribution in [0.3, 0.4) is 0 Å². The van der Waals surface area contributed by atoms with Gasteiger partial charge in [0.05, 0.1) is 0 Å². The van der Waals surface area contributed by atoms with E-state index in [4.69, 9.17) is 0 Å². The number of hydrogen-bond acceptors (Lipinski definition) is 3. The lowest BCUT2D eigenvalue weighted by atomic mass is 10.2. The first-order valence-electron chi connectivity index (χ1n) is 4.79. The van der Waals surface area contributed by atoms with Gasteiger partial charge in [-0.05, 0) is 30.7 Å². The number of hydrogen-bond donors (Lipinski definition) is 2. The number of anilines is 2. The smallest absolute Gasteiger partial charge is 0.242 e. The van der Waals surface area contributed by atoms with Crippen LogP contribution >= 0.6 is 15.9 Å². The Bertz CT molecular complexity index is 528. The largest absolute Gasteiger partial charge is 0.326 e. The summed E-state index contributed by atoms with van der Waals surface area (Å²) in [4.78, 5) is 10.9. The summed E-state index contributed by atoms with van der Waals surface area (Å²) in [5, 5.41) is 2.65. The Balaban J connectivity index is 2.93. The molecule has 0 aliphatic carbocycles. The molecule has 7 heteroatoms. The van der Waals surface area contributed by atoms with E-state index < -0.39 is 10.0 Å². The van der Waals surface area contributed by atoms with Gasteiger partial charge < -0.3 is 5.32 Å². The molecule has 1 aromatic carbocycles. The molecule has 0 aromatic heterocycles. The van der Waals surface area contributed by atoms with Crippen molar-refractivity contribution in [3.8, 4) is 0 Å². The van der Waals surface area contributed by atoms with E-state index in [-0.39, 0.29) is 10.6 Å². The van der Waals surface area contributed by atoms with Crippen molar-refractivity contribution in [3.63, 3.8) is 0 Å². The fraction of sp³-hybridized carbons (Fsp3) is 0.300. The first-order chi connectivity index (χ1) is 7.84. The standard InChI is InChI=1S/C10H13BrN2O3S/c1-7-5-9(13-17(15,16)6-11)3-4-10(7)12-8(2)14/h3-5,13H,6H2,1-2H3,(H,12,14). The van der Waals surface area contributed by atoms with Crippen LogP contribution in [-0.4, -0.2) is 19.0 Å². The summed E-state index contributed by atoms with van der Waals surface area (Å²) in [5.74, 6) is -0.165. The quantitative estimate of drug-likeness (QED) is 0.834. The van der Waals surface area contributed by atoms with Gasteiger partial charge in [-0.3, -0.25) is 9.52 Å². The minimum atomic E-state index is -3.35. The summed E-state index contributed by atoms with van der Waals surface area (Å²) >= 11 is 2.89. The lowest BCUT2D eigenvalue weighted by molar-refractivity contribution is -0.114. The van der Waals surface area contributed by atoms with Gasteiger partial charge in [-0.25, -0.2) is 8.42 Å². The molecule has 1 aromatic rings. The number of carbonyl (C=O) groups is 1. The molecule has 17 heavy (non-hydrogen) atoms. The third kappa shape index (κ3) is 4.35. The SMILES string of the molecule is CC(=O)Nc1ccc(NS(=O)(=O)CBr)cc1C. The molecule has 0 aliphatic heterocycles. The molecule has 0 radical (unpaired) electrons. The molecular formula is C10H13BrN2O3S. The van der Waals surface area contributed by atoms with E-state index in [0.29, 0.717) is 11.4 Å². The monoisotopic (exact) mass is 320 g/mol. The van der Waals surface area contributed by atoms with Crippen LogP contribution in [0.4, 0.5) is 11.4 Å². The zero-order valence-electron chi connectivity index (χ0n) is 9.45. The molecule has 94 valence electrons. The number of benzene rings is 1. The Kier molecular flexibility index (Phi) is 4.53. The Morgan fingerprint density at radius 2 is 2.06 bits per heavy atom. The average molecular weight is 321 g/mol. The number of nitrogens with one attached hydrogen (secondary N) is 2. The summed E-state index contributed by atoms with van der Waals surface area (Å²) < 4.78 is 24.9. The summed E-state index contributed by atoms with van der Waals surface area (Å²) in [6, 6.07) is 4.91. The third-order valence-electron chi connectivity index (χ3n) is 1.95. The second-order valence-corrected chi connectivity index (χ2v) is 6.56. The van der Waals surface area contributed by atoms with E-state index in [9.17, 15) is 13.2 Å². The fourth-order valence-electron chi connectivity index (χ4n) is 1.26. The molecule has 0 spiro atoms. The number of halogens is 1. The predicted octanol–water partition coefficient (Wildman–Crippen LogP) is 2.05. The lowest BCUT2D eigenvalue weighted by Gasteiger charge is -2.10. The van der Waals surface area contributed by atoms with E-state index >= 15 is 0 Å². The highest BCUT2D eigenvalue weighted by atomic mass is 79.9.